The van der Waals surface area contributed by atoms with E-state index in [0.29, 0.717) is 18.4 Å². The smallest absolute Gasteiger partial charge is 0.302 e. The van der Waals surface area contributed by atoms with Crippen molar-refractivity contribution in [2.75, 3.05) is 6.61 Å². The van der Waals surface area contributed by atoms with Crippen LogP contribution in [0.15, 0.2) is 12.2 Å². The summed E-state index contributed by atoms with van der Waals surface area (Å²) >= 11 is 0. The number of hydrogen-bond acceptors (Lipinski definition) is 11. The molecule has 0 amide bonds. The van der Waals surface area contributed by atoms with Crippen LogP contribution in [0.4, 0.5) is 0 Å². The maximum Gasteiger partial charge on any atom is 0.302 e. The first-order valence-corrected chi connectivity index (χ1v) is 18.5. The van der Waals surface area contributed by atoms with E-state index in [0.717, 1.165) is 38.5 Å². The minimum absolute atomic E-state index is 0.0707. The van der Waals surface area contributed by atoms with E-state index in [1.54, 1.807) is 0 Å². The monoisotopic (exact) mass is 696 g/mol. The number of ether oxygens (including phenoxy) is 3. The van der Waals surface area contributed by atoms with Crippen molar-refractivity contribution < 1.29 is 54.8 Å². The molecule has 1 aliphatic heterocycles. The van der Waals surface area contributed by atoms with Crippen LogP contribution in [0.25, 0.3) is 0 Å². The van der Waals surface area contributed by atoms with Crippen LogP contribution in [0.2, 0.25) is 0 Å². The largest absolute Gasteiger partial charge is 0.463 e. The van der Waals surface area contributed by atoms with Crippen molar-refractivity contribution in [3.63, 3.8) is 0 Å². The molecule has 0 bridgehead atoms. The first-order valence-electron chi connectivity index (χ1n) is 18.5. The average Bonchev–Trinajstić information content (AvgIpc) is 3.39. The average molecular weight is 697 g/mol. The molecule has 5 rings (SSSR count). The Morgan fingerprint density at radius 3 is 2.14 bits per heavy atom. The van der Waals surface area contributed by atoms with Crippen LogP contribution in [-0.4, -0.2) is 109 Å². The summed E-state index contributed by atoms with van der Waals surface area (Å²) in [5, 5.41) is 78.3. The van der Waals surface area contributed by atoms with E-state index in [9.17, 15) is 40.5 Å². The molecular weight excluding hydrogens is 632 g/mol. The molecule has 282 valence electrons. The second-order valence-corrected chi connectivity index (χ2v) is 18.1. The predicted octanol–water partition coefficient (Wildman–Crippen LogP) is 2.84. The third kappa shape index (κ3) is 6.14. The van der Waals surface area contributed by atoms with Crippen molar-refractivity contribution in [3.05, 3.63) is 12.2 Å². The number of aliphatic hydroxyl groups excluding tert-OH is 6. The quantitative estimate of drug-likeness (QED) is 0.107. The zero-order valence-corrected chi connectivity index (χ0v) is 30.8. The summed E-state index contributed by atoms with van der Waals surface area (Å²) in [4.78, 5) is 11.4. The van der Waals surface area contributed by atoms with E-state index < -0.39 is 77.5 Å². The molecule has 1 heterocycles. The molecule has 1 saturated heterocycles. The van der Waals surface area contributed by atoms with Gasteiger partial charge in [0.15, 0.2) is 6.29 Å². The van der Waals surface area contributed by atoms with Crippen molar-refractivity contribution >= 4 is 5.97 Å². The van der Waals surface area contributed by atoms with Gasteiger partial charge in [0.1, 0.15) is 37.1 Å². The summed E-state index contributed by atoms with van der Waals surface area (Å²) in [5.74, 6) is -0.203. The molecule has 11 heteroatoms. The molecule has 49 heavy (non-hydrogen) atoms. The summed E-state index contributed by atoms with van der Waals surface area (Å²) in [7, 11) is 0. The van der Waals surface area contributed by atoms with Crippen LogP contribution in [0, 0.1) is 45.3 Å². The summed E-state index contributed by atoms with van der Waals surface area (Å²) < 4.78 is 17.1. The third-order valence-electron chi connectivity index (χ3n) is 15.2. The van der Waals surface area contributed by atoms with Gasteiger partial charge < -0.3 is 50.0 Å². The van der Waals surface area contributed by atoms with Gasteiger partial charge in [-0.15, -0.1) is 0 Å². The molecule has 0 spiro atoms. The zero-order valence-electron chi connectivity index (χ0n) is 30.8. The van der Waals surface area contributed by atoms with E-state index in [2.05, 4.69) is 27.4 Å². The highest BCUT2D eigenvalue weighted by Gasteiger charge is 2.73. The Kier molecular flexibility index (Phi) is 10.7. The van der Waals surface area contributed by atoms with Gasteiger partial charge in [-0.3, -0.25) is 4.79 Å². The molecule has 0 aromatic heterocycles. The van der Waals surface area contributed by atoms with Crippen LogP contribution in [-0.2, 0) is 19.0 Å². The van der Waals surface area contributed by atoms with E-state index in [-0.39, 0.29) is 41.1 Å². The van der Waals surface area contributed by atoms with Gasteiger partial charge in [-0.1, -0.05) is 46.8 Å². The molecule has 17 unspecified atom stereocenters. The summed E-state index contributed by atoms with van der Waals surface area (Å²) in [6.07, 6.45) is -5.26. The van der Waals surface area contributed by atoms with Gasteiger partial charge >= 0.3 is 5.97 Å². The minimum Gasteiger partial charge on any atom is -0.463 e. The van der Waals surface area contributed by atoms with Gasteiger partial charge in [-0.05, 0) is 105 Å². The summed E-state index contributed by atoms with van der Waals surface area (Å²) in [5.41, 5.74) is -1.86. The van der Waals surface area contributed by atoms with Gasteiger partial charge in [0.2, 0.25) is 0 Å². The molecule has 0 aromatic rings. The minimum atomic E-state index is -1.64. The van der Waals surface area contributed by atoms with Crippen molar-refractivity contribution in [1.82, 2.24) is 0 Å². The van der Waals surface area contributed by atoms with Crippen LogP contribution in [0.1, 0.15) is 107 Å². The van der Waals surface area contributed by atoms with Crippen molar-refractivity contribution in [1.29, 1.82) is 0 Å². The normalized spacial score (nSPS) is 49.5. The second kappa shape index (κ2) is 13.4. The Labute approximate surface area is 292 Å². The highest BCUT2D eigenvalue weighted by atomic mass is 16.7. The molecular formula is C38H64O11. The Hall–Kier alpha value is -1.15. The number of fused-ring (bicyclic) bond motifs is 5. The van der Waals surface area contributed by atoms with Crippen molar-refractivity contribution in [2.24, 2.45) is 45.3 Å². The Balaban J connectivity index is 1.38. The molecule has 5 aliphatic rings. The fourth-order valence-electron chi connectivity index (χ4n) is 12.2. The lowest BCUT2D eigenvalue weighted by molar-refractivity contribution is -0.355. The molecule has 0 radical (unpaired) electrons. The SMILES string of the molecule is C=C(C)C(O)CCC(C)(O)C1CCC2(C)C1CCC1C3(C)C(O)C(O)C(OC4OC(COC(C)=O)C(O)C(O)C4O)C(C)(C)C3CCC12C. The first-order chi connectivity index (χ1) is 22.6. The summed E-state index contributed by atoms with van der Waals surface area (Å²) in [6, 6.07) is 0. The maximum absolute atomic E-state index is 12.2. The van der Waals surface area contributed by atoms with Gasteiger partial charge in [-0.2, -0.15) is 0 Å². The lowest BCUT2D eigenvalue weighted by Gasteiger charge is -2.71. The van der Waals surface area contributed by atoms with Gasteiger partial charge in [0.05, 0.1) is 23.9 Å². The number of carbonyl (C=O) groups excluding carboxylic acids is 1. The van der Waals surface area contributed by atoms with E-state index in [1.165, 1.54) is 6.92 Å². The number of carbonyl (C=O) groups is 1. The number of esters is 1. The zero-order chi connectivity index (χ0) is 36.6. The molecule has 11 nitrogen and oxygen atoms in total. The standard InChI is InChI=1S/C38H64O11/c1-19(2)23(40)13-17-37(8,46)22-12-15-35(6)21(22)10-11-26-36(35,7)16-14-25-34(4,5)32(30(44)31(45)38(25,26)9)49-33-29(43)28(42)27(41)24(48-33)18-47-20(3)39/h21-33,40-46H,1,10-18H2,2-9H3. The molecule has 7 N–H and O–H groups in total. The second-order valence-electron chi connectivity index (χ2n) is 18.1. The Bertz CT molecular complexity index is 1240. The number of hydrogen-bond donors (Lipinski definition) is 7. The Morgan fingerprint density at radius 2 is 1.53 bits per heavy atom. The van der Waals surface area contributed by atoms with Gasteiger partial charge in [0.25, 0.3) is 0 Å². The summed E-state index contributed by atoms with van der Waals surface area (Å²) in [6.45, 7) is 19.4. The highest BCUT2D eigenvalue weighted by molar-refractivity contribution is 5.65. The fourth-order valence-corrected chi connectivity index (χ4v) is 12.2. The molecule has 4 saturated carbocycles. The maximum atomic E-state index is 12.2. The molecule has 5 fully saturated rings. The van der Waals surface area contributed by atoms with Crippen molar-refractivity contribution in [3.8, 4) is 0 Å². The van der Waals surface area contributed by atoms with E-state index >= 15 is 0 Å². The lowest BCUT2D eigenvalue weighted by Crippen LogP contribution is -2.73. The van der Waals surface area contributed by atoms with E-state index in [4.69, 9.17) is 14.2 Å². The first kappa shape index (κ1) is 39.1. The Morgan fingerprint density at radius 1 is 0.898 bits per heavy atom. The van der Waals surface area contributed by atoms with Gasteiger partial charge in [0, 0.05) is 12.3 Å². The number of aliphatic hydroxyl groups is 7. The van der Waals surface area contributed by atoms with Crippen LogP contribution >= 0.6 is 0 Å². The number of rotatable bonds is 9. The molecule has 17 atom stereocenters. The third-order valence-corrected chi connectivity index (χ3v) is 15.2. The lowest BCUT2D eigenvalue weighted by atomic mass is 9.34. The fraction of sp³-hybridized carbons (Fsp3) is 0.921. The topological polar surface area (TPSA) is 186 Å². The molecule has 0 aromatic carbocycles. The van der Waals surface area contributed by atoms with Crippen LogP contribution < -0.4 is 0 Å². The predicted molar refractivity (Wildman–Crippen MR) is 181 cm³/mol. The molecule has 4 aliphatic carbocycles. The van der Waals surface area contributed by atoms with Gasteiger partial charge in [-0.25, -0.2) is 0 Å². The van der Waals surface area contributed by atoms with Crippen LogP contribution in [0.3, 0.4) is 0 Å². The van der Waals surface area contributed by atoms with E-state index in [1.807, 2.05) is 27.7 Å². The highest BCUT2D eigenvalue weighted by Crippen LogP contribution is 2.76. The van der Waals surface area contributed by atoms with Crippen LogP contribution in [0.5, 0.6) is 0 Å². The van der Waals surface area contributed by atoms with Crippen molar-refractivity contribution in [2.45, 2.75) is 167 Å².